The Morgan fingerprint density at radius 2 is 1.93 bits per heavy atom. The van der Waals surface area contributed by atoms with Crippen LogP contribution in [0.3, 0.4) is 0 Å². The SMILES string of the molecule is CC1(C(=O)O)C=C(Cl)C=C(C(=O)O)C1.O=Cc1c[nH]nc1-c1ccccc1. The molecular weight excluding hydrogens is 372 g/mol. The van der Waals surface area contributed by atoms with Gasteiger partial charge in [0.25, 0.3) is 0 Å². The summed E-state index contributed by atoms with van der Waals surface area (Å²) in [6, 6.07) is 9.60. The lowest BCUT2D eigenvalue weighted by Crippen LogP contribution is -2.29. The Hall–Kier alpha value is -3.19. The molecule has 1 heterocycles. The first-order valence-corrected chi connectivity index (χ1v) is 8.24. The van der Waals surface area contributed by atoms with E-state index in [0.29, 0.717) is 11.3 Å². The van der Waals surface area contributed by atoms with Crippen LogP contribution in [0, 0.1) is 5.41 Å². The number of hydrogen-bond acceptors (Lipinski definition) is 4. The van der Waals surface area contributed by atoms with E-state index in [1.165, 1.54) is 19.1 Å². The van der Waals surface area contributed by atoms with E-state index in [0.717, 1.165) is 11.8 Å². The molecule has 0 bridgehead atoms. The molecule has 1 aromatic heterocycles. The van der Waals surface area contributed by atoms with Gasteiger partial charge >= 0.3 is 11.9 Å². The molecule has 0 amide bonds. The normalized spacial score (nSPS) is 18.4. The van der Waals surface area contributed by atoms with E-state index < -0.39 is 17.4 Å². The number of aromatic nitrogens is 2. The molecule has 3 N–H and O–H groups in total. The molecule has 27 heavy (non-hydrogen) atoms. The minimum Gasteiger partial charge on any atom is -0.481 e. The number of benzene rings is 1. The van der Waals surface area contributed by atoms with E-state index in [2.05, 4.69) is 10.2 Å². The number of carbonyl (C=O) groups is 3. The second kappa shape index (κ2) is 8.46. The molecule has 0 fully saturated rings. The third-order valence-corrected chi connectivity index (χ3v) is 4.15. The second-order valence-corrected chi connectivity index (χ2v) is 6.51. The van der Waals surface area contributed by atoms with Crippen LogP contribution >= 0.6 is 11.6 Å². The van der Waals surface area contributed by atoms with Gasteiger partial charge in [0.1, 0.15) is 5.69 Å². The number of nitrogens with one attached hydrogen (secondary N) is 1. The van der Waals surface area contributed by atoms with Gasteiger partial charge in [-0.05, 0) is 25.5 Å². The fourth-order valence-electron chi connectivity index (χ4n) is 2.50. The number of carbonyl (C=O) groups excluding carboxylic acids is 1. The number of rotatable bonds is 4. The van der Waals surface area contributed by atoms with Crippen LogP contribution in [0.15, 0.2) is 59.3 Å². The lowest BCUT2D eigenvalue weighted by atomic mass is 9.80. The van der Waals surface area contributed by atoms with E-state index in [-0.39, 0.29) is 17.0 Å². The zero-order valence-electron chi connectivity index (χ0n) is 14.3. The van der Waals surface area contributed by atoms with Crippen LogP contribution in [-0.4, -0.2) is 38.6 Å². The summed E-state index contributed by atoms with van der Waals surface area (Å²) in [5, 5.41) is 24.4. The number of aromatic amines is 1. The van der Waals surface area contributed by atoms with Crippen LogP contribution < -0.4 is 0 Å². The highest BCUT2D eigenvalue weighted by Gasteiger charge is 2.36. The average molecular weight is 389 g/mol. The van der Waals surface area contributed by atoms with Gasteiger partial charge in [0.05, 0.1) is 11.0 Å². The Labute approximate surface area is 160 Å². The summed E-state index contributed by atoms with van der Waals surface area (Å²) in [4.78, 5) is 32.1. The number of hydrogen-bond donors (Lipinski definition) is 3. The van der Waals surface area contributed by atoms with Crippen molar-refractivity contribution in [1.29, 1.82) is 0 Å². The highest BCUT2D eigenvalue weighted by atomic mass is 35.5. The molecule has 0 spiro atoms. The maximum absolute atomic E-state index is 10.9. The number of carboxylic acid groups (broad SMARTS) is 2. The summed E-state index contributed by atoms with van der Waals surface area (Å²) >= 11 is 5.64. The standard InChI is InChI=1S/C10H8N2O.C9H9ClO4/c13-7-9-6-11-12-10(9)8-4-2-1-3-5-8;1-9(8(13)14)3-5(7(11)12)2-6(10)4-9/h1-7H,(H,11,12);2,4H,3H2,1H3,(H,11,12)(H,13,14). The summed E-state index contributed by atoms with van der Waals surface area (Å²) in [5.41, 5.74) is 1.04. The van der Waals surface area contributed by atoms with Gasteiger partial charge in [-0.15, -0.1) is 0 Å². The van der Waals surface area contributed by atoms with Crippen molar-refractivity contribution in [3.8, 4) is 11.3 Å². The van der Waals surface area contributed by atoms with Crippen LogP contribution in [0.1, 0.15) is 23.7 Å². The minimum atomic E-state index is -1.22. The minimum absolute atomic E-state index is 0.0161. The summed E-state index contributed by atoms with van der Waals surface area (Å²) < 4.78 is 0. The average Bonchev–Trinajstić information content (AvgIpc) is 3.11. The number of allylic oxidation sites excluding steroid dienone is 2. The molecular formula is C19H17ClN2O5. The topological polar surface area (TPSA) is 120 Å². The van der Waals surface area contributed by atoms with Crippen molar-refractivity contribution in [1.82, 2.24) is 10.2 Å². The monoisotopic (exact) mass is 388 g/mol. The summed E-state index contributed by atoms with van der Waals surface area (Å²) in [6.07, 6.45) is 4.97. The van der Waals surface area contributed by atoms with Gasteiger partial charge in [-0.3, -0.25) is 14.7 Å². The molecule has 0 radical (unpaired) electrons. The second-order valence-electron chi connectivity index (χ2n) is 6.08. The molecule has 0 saturated heterocycles. The number of halogens is 1. The van der Waals surface area contributed by atoms with Crippen LogP contribution in [0.4, 0.5) is 0 Å². The fraction of sp³-hybridized carbons (Fsp3) is 0.158. The highest BCUT2D eigenvalue weighted by Crippen LogP contribution is 2.35. The highest BCUT2D eigenvalue weighted by molar-refractivity contribution is 6.31. The Morgan fingerprint density at radius 1 is 1.26 bits per heavy atom. The van der Waals surface area contributed by atoms with Crippen LogP contribution in [-0.2, 0) is 9.59 Å². The van der Waals surface area contributed by atoms with Gasteiger partial charge in [-0.1, -0.05) is 41.9 Å². The molecule has 8 heteroatoms. The van der Waals surface area contributed by atoms with Gasteiger partial charge in [-0.2, -0.15) is 5.10 Å². The predicted molar refractivity (Wildman–Crippen MR) is 99.4 cm³/mol. The molecule has 3 rings (SSSR count). The van der Waals surface area contributed by atoms with Crippen molar-refractivity contribution in [2.75, 3.05) is 0 Å². The maximum atomic E-state index is 10.9. The van der Waals surface area contributed by atoms with Crippen LogP contribution in [0.25, 0.3) is 11.3 Å². The van der Waals surface area contributed by atoms with Crippen molar-refractivity contribution in [3.05, 3.63) is 64.8 Å². The van der Waals surface area contributed by atoms with Gasteiger partial charge in [0.15, 0.2) is 6.29 Å². The van der Waals surface area contributed by atoms with Crippen molar-refractivity contribution >= 4 is 29.8 Å². The maximum Gasteiger partial charge on any atom is 0.331 e. The lowest BCUT2D eigenvalue weighted by molar-refractivity contribution is -0.145. The number of aliphatic carboxylic acids is 2. The third kappa shape index (κ3) is 4.92. The summed E-state index contributed by atoms with van der Waals surface area (Å²) in [6.45, 7) is 1.44. The zero-order valence-corrected chi connectivity index (χ0v) is 15.1. The third-order valence-electron chi connectivity index (χ3n) is 3.93. The van der Waals surface area contributed by atoms with Crippen molar-refractivity contribution < 1.29 is 24.6 Å². The number of aldehydes is 1. The Balaban J connectivity index is 0.000000194. The largest absolute Gasteiger partial charge is 0.481 e. The first-order chi connectivity index (χ1) is 12.8. The van der Waals surface area contributed by atoms with Crippen molar-refractivity contribution in [3.63, 3.8) is 0 Å². The van der Waals surface area contributed by atoms with Crippen molar-refractivity contribution in [2.24, 2.45) is 5.41 Å². The summed E-state index contributed by atoms with van der Waals surface area (Å²) in [7, 11) is 0. The summed E-state index contributed by atoms with van der Waals surface area (Å²) in [5.74, 6) is -2.22. The van der Waals surface area contributed by atoms with Crippen LogP contribution in [0.5, 0.6) is 0 Å². The molecule has 0 saturated carbocycles. The first-order valence-electron chi connectivity index (χ1n) is 7.87. The Morgan fingerprint density at radius 3 is 2.48 bits per heavy atom. The van der Waals surface area contributed by atoms with E-state index in [1.54, 1.807) is 6.20 Å². The molecule has 1 aromatic carbocycles. The fourth-order valence-corrected chi connectivity index (χ4v) is 2.87. The number of carboxylic acids is 2. The number of nitrogens with zero attached hydrogens (tertiary/aromatic N) is 1. The molecule has 0 aliphatic heterocycles. The van der Waals surface area contributed by atoms with Gasteiger partial charge < -0.3 is 10.2 Å². The zero-order chi connectivity index (χ0) is 20.0. The molecule has 140 valence electrons. The van der Waals surface area contributed by atoms with Gasteiger partial charge in [-0.25, -0.2) is 4.79 Å². The van der Waals surface area contributed by atoms with Gasteiger partial charge in [0, 0.05) is 22.4 Å². The molecule has 7 nitrogen and oxygen atoms in total. The van der Waals surface area contributed by atoms with E-state index in [9.17, 15) is 14.4 Å². The van der Waals surface area contributed by atoms with E-state index in [4.69, 9.17) is 21.8 Å². The van der Waals surface area contributed by atoms with Crippen LogP contribution in [0.2, 0.25) is 0 Å². The molecule has 1 aliphatic rings. The smallest absolute Gasteiger partial charge is 0.331 e. The molecule has 1 atom stereocenters. The predicted octanol–water partition coefficient (Wildman–Crippen LogP) is 3.50. The Kier molecular flexibility index (Phi) is 6.31. The van der Waals surface area contributed by atoms with E-state index in [1.807, 2.05) is 30.3 Å². The van der Waals surface area contributed by atoms with Crippen molar-refractivity contribution in [2.45, 2.75) is 13.3 Å². The quantitative estimate of drug-likeness (QED) is 0.689. The Bertz CT molecular complexity index is 917. The molecule has 1 unspecified atom stereocenters. The number of H-pyrrole nitrogens is 1. The van der Waals surface area contributed by atoms with E-state index >= 15 is 0 Å². The lowest BCUT2D eigenvalue weighted by Gasteiger charge is -2.24. The van der Waals surface area contributed by atoms with Gasteiger partial charge in [0.2, 0.25) is 0 Å². The molecule has 1 aliphatic carbocycles. The molecule has 2 aromatic rings. The first kappa shape index (κ1) is 20.1.